The first-order chi connectivity index (χ1) is 9.42. The number of rotatable bonds is 4. The van der Waals surface area contributed by atoms with E-state index in [1.54, 1.807) is 0 Å². The molecule has 1 aromatic rings. The van der Waals surface area contributed by atoms with Crippen LogP contribution in [0.1, 0.15) is 25.7 Å². The van der Waals surface area contributed by atoms with Crippen LogP contribution >= 0.6 is 11.6 Å². The molecule has 0 aromatic heterocycles. The number of hydrogen-bond donors (Lipinski definition) is 2. The van der Waals surface area contributed by atoms with E-state index in [4.69, 9.17) is 17.3 Å². The molecule has 2 atom stereocenters. The number of nitrogens with one attached hydrogen (secondary N) is 1. The molecule has 0 aliphatic heterocycles. The summed E-state index contributed by atoms with van der Waals surface area (Å²) in [4.78, 5) is -0.149. The smallest absolute Gasteiger partial charge is 0.240 e. The second kappa shape index (κ2) is 6.39. The zero-order valence-corrected chi connectivity index (χ0v) is 12.6. The topological polar surface area (TPSA) is 72.2 Å². The molecule has 2 rings (SSSR count). The van der Waals surface area contributed by atoms with Crippen LogP contribution in [0.15, 0.2) is 23.1 Å². The van der Waals surface area contributed by atoms with E-state index in [0.29, 0.717) is 6.54 Å². The van der Waals surface area contributed by atoms with E-state index in [1.165, 1.54) is 6.07 Å². The maximum atomic E-state index is 13.3. The molecule has 2 unspecified atom stereocenters. The van der Waals surface area contributed by atoms with Crippen molar-refractivity contribution >= 4 is 21.6 Å². The Morgan fingerprint density at radius 2 is 2.00 bits per heavy atom. The third kappa shape index (κ3) is 3.69. The molecular formula is C13H18ClFN2O2S. The van der Waals surface area contributed by atoms with Crippen molar-refractivity contribution < 1.29 is 12.8 Å². The van der Waals surface area contributed by atoms with Crippen LogP contribution in [0.3, 0.4) is 0 Å². The molecule has 3 N–H and O–H groups in total. The van der Waals surface area contributed by atoms with E-state index in [0.717, 1.165) is 37.8 Å². The molecule has 1 saturated carbocycles. The Morgan fingerprint density at radius 3 is 2.65 bits per heavy atom. The van der Waals surface area contributed by atoms with Crippen LogP contribution < -0.4 is 10.5 Å². The van der Waals surface area contributed by atoms with Gasteiger partial charge < -0.3 is 5.73 Å². The Labute approximate surface area is 123 Å². The summed E-state index contributed by atoms with van der Waals surface area (Å²) in [5.74, 6) is -0.542. The number of nitrogens with two attached hydrogens (primary N) is 1. The average Bonchev–Trinajstić information content (AvgIpc) is 2.38. The van der Waals surface area contributed by atoms with Crippen molar-refractivity contribution in [3.63, 3.8) is 0 Å². The second-order valence-electron chi connectivity index (χ2n) is 5.11. The number of benzene rings is 1. The van der Waals surface area contributed by atoms with Crippen molar-refractivity contribution in [3.05, 3.63) is 29.0 Å². The molecule has 0 amide bonds. The fraction of sp³-hybridized carbons (Fsp3) is 0.538. The van der Waals surface area contributed by atoms with Gasteiger partial charge in [-0.25, -0.2) is 17.5 Å². The zero-order valence-electron chi connectivity index (χ0n) is 11.0. The summed E-state index contributed by atoms with van der Waals surface area (Å²) in [5.41, 5.74) is 5.68. The highest BCUT2D eigenvalue weighted by atomic mass is 35.5. The lowest BCUT2D eigenvalue weighted by molar-refractivity contribution is 0.296. The summed E-state index contributed by atoms with van der Waals surface area (Å²) in [7, 11) is -3.78. The van der Waals surface area contributed by atoms with E-state index >= 15 is 0 Å². The van der Waals surface area contributed by atoms with Gasteiger partial charge in [0, 0.05) is 11.1 Å². The van der Waals surface area contributed by atoms with Gasteiger partial charge in [0.15, 0.2) is 0 Å². The molecule has 0 radical (unpaired) electrons. The quantitative estimate of drug-likeness (QED) is 0.894. The number of hydrogen-bond acceptors (Lipinski definition) is 3. The Balaban J connectivity index is 2.21. The third-order valence-corrected chi connectivity index (χ3v) is 5.35. The van der Waals surface area contributed by atoms with Gasteiger partial charge in [-0.1, -0.05) is 24.4 Å². The lowest BCUT2D eigenvalue weighted by Crippen LogP contribution is -2.44. The van der Waals surface area contributed by atoms with Crippen molar-refractivity contribution in [3.8, 4) is 0 Å². The van der Waals surface area contributed by atoms with Gasteiger partial charge >= 0.3 is 0 Å². The molecule has 0 spiro atoms. The first kappa shape index (κ1) is 15.7. The van der Waals surface area contributed by atoms with Crippen LogP contribution in [0.5, 0.6) is 0 Å². The molecule has 0 saturated heterocycles. The third-order valence-electron chi connectivity index (χ3n) is 3.66. The highest BCUT2D eigenvalue weighted by molar-refractivity contribution is 7.89. The van der Waals surface area contributed by atoms with Crippen LogP contribution in [0.25, 0.3) is 0 Å². The molecular weight excluding hydrogens is 303 g/mol. The fourth-order valence-corrected chi connectivity index (χ4v) is 4.28. The summed E-state index contributed by atoms with van der Waals surface area (Å²) in [6.07, 6.45) is 3.69. The number of halogens is 2. The van der Waals surface area contributed by atoms with Crippen LogP contribution in [0.4, 0.5) is 4.39 Å². The van der Waals surface area contributed by atoms with Crippen molar-refractivity contribution in [1.82, 2.24) is 4.72 Å². The lowest BCUT2D eigenvalue weighted by atomic mass is 9.85. The molecule has 0 heterocycles. The fourth-order valence-electron chi connectivity index (χ4n) is 2.60. The van der Waals surface area contributed by atoms with Crippen molar-refractivity contribution in [2.75, 3.05) is 6.54 Å². The largest absolute Gasteiger partial charge is 0.330 e. The predicted molar refractivity (Wildman–Crippen MR) is 76.5 cm³/mol. The van der Waals surface area contributed by atoms with Crippen LogP contribution in [-0.4, -0.2) is 21.0 Å². The Morgan fingerprint density at radius 1 is 1.30 bits per heavy atom. The summed E-state index contributed by atoms with van der Waals surface area (Å²) in [5, 5.41) is 0.0596. The minimum absolute atomic E-state index is 0.0596. The lowest BCUT2D eigenvalue weighted by Gasteiger charge is -2.31. The van der Waals surface area contributed by atoms with Crippen molar-refractivity contribution in [2.45, 2.75) is 36.6 Å². The normalized spacial score (nSPS) is 23.8. The summed E-state index contributed by atoms with van der Waals surface area (Å²) < 4.78 is 40.5. The Kier molecular flexibility index (Phi) is 5.01. The predicted octanol–water partition coefficient (Wildman–Crippen LogP) is 2.27. The van der Waals surface area contributed by atoms with E-state index in [9.17, 15) is 12.8 Å². The maximum Gasteiger partial charge on any atom is 0.240 e. The van der Waals surface area contributed by atoms with Crippen molar-refractivity contribution in [2.24, 2.45) is 11.7 Å². The first-order valence-corrected chi connectivity index (χ1v) is 8.47. The molecule has 1 aromatic carbocycles. The highest BCUT2D eigenvalue weighted by Crippen LogP contribution is 2.26. The van der Waals surface area contributed by atoms with Gasteiger partial charge in [-0.15, -0.1) is 0 Å². The maximum absolute atomic E-state index is 13.3. The van der Waals surface area contributed by atoms with Crippen LogP contribution in [-0.2, 0) is 10.0 Å². The molecule has 20 heavy (non-hydrogen) atoms. The minimum Gasteiger partial charge on any atom is -0.330 e. The molecule has 112 valence electrons. The SMILES string of the molecule is NCC1CCCCC1NS(=O)(=O)c1cc(F)cc(Cl)c1. The van der Waals surface area contributed by atoms with E-state index in [1.807, 2.05) is 0 Å². The van der Waals surface area contributed by atoms with Gasteiger partial charge in [0.05, 0.1) is 4.90 Å². The summed E-state index contributed by atoms with van der Waals surface area (Å²) in [6, 6.07) is 3.09. The highest BCUT2D eigenvalue weighted by Gasteiger charge is 2.28. The molecule has 4 nitrogen and oxygen atoms in total. The van der Waals surface area contributed by atoms with Gasteiger partial charge in [-0.3, -0.25) is 0 Å². The average molecular weight is 321 g/mol. The minimum atomic E-state index is -3.78. The number of sulfonamides is 1. The van der Waals surface area contributed by atoms with E-state index in [2.05, 4.69) is 4.72 Å². The second-order valence-corrected chi connectivity index (χ2v) is 7.26. The molecule has 1 fully saturated rings. The van der Waals surface area contributed by atoms with E-state index < -0.39 is 15.8 Å². The van der Waals surface area contributed by atoms with E-state index in [-0.39, 0.29) is 21.9 Å². The first-order valence-electron chi connectivity index (χ1n) is 6.61. The standard InChI is InChI=1S/C13H18ClFN2O2S/c14-10-5-11(15)7-12(6-10)20(18,19)17-13-4-2-1-3-9(13)8-16/h5-7,9,13,17H,1-4,8,16H2. The molecule has 1 aliphatic rings. The van der Waals surface area contributed by atoms with Gasteiger partial charge in [0.25, 0.3) is 0 Å². The van der Waals surface area contributed by atoms with Crippen LogP contribution in [0, 0.1) is 11.7 Å². The zero-order chi connectivity index (χ0) is 14.8. The van der Waals surface area contributed by atoms with Gasteiger partial charge in [-0.05, 0) is 43.5 Å². The Hall–Kier alpha value is -0.690. The van der Waals surface area contributed by atoms with Crippen molar-refractivity contribution in [1.29, 1.82) is 0 Å². The molecule has 0 bridgehead atoms. The summed E-state index contributed by atoms with van der Waals surface area (Å²) in [6.45, 7) is 0.442. The van der Waals surface area contributed by atoms with Gasteiger partial charge in [0.1, 0.15) is 5.82 Å². The molecule has 1 aliphatic carbocycles. The molecule has 7 heteroatoms. The monoisotopic (exact) mass is 320 g/mol. The van der Waals surface area contributed by atoms with Gasteiger partial charge in [-0.2, -0.15) is 0 Å². The summed E-state index contributed by atoms with van der Waals surface area (Å²) >= 11 is 5.70. The van der Waals surface area contributed by atoms with Crippen LogP contribution in [0.2, 0.25) is 5.02 Å². The van der Waals surface area contributed by atoms with Gasteiger partial charge in [0.2, 0.25) is 10.0 Å². The Bertz CT molecular complexity index is 559.